The number of aliphatic imine (C=N–C) groups is 1. The maximum absolute atomic E-state index is 4.97. The fourth-order valence-corrected chi connectivity index (χ4v) is 3.72. The summed E-state index contributed by atoms with van der Waals surface area (Å²) in [4.78, 5) is 4.97. The average Bonchev–Trinajstić information content (AvgIpc) is 3.01. The van der Waals surface area contributed by atoms with Gasteiger partial charge < -0.3 is 0 Å². The molecule has 1 aromatic heterocycles. The van der Waals surface area contributed by atoms with Gasteiger partial charge in [0.1, 0.15) is 12.2 Å². The monoisotopic (exact) mass is 324 g/mol. The summed E-state index contributed by atoms with van der Waals surface area (Å²) in [6.07, 6.45) is 9.61. The molecule has 1 aliphatic carbocycles. The molecule has 0 aliphatic heterocycles. The summed E-state index contributed by atoms with van der Waals surface area (Å²) >= 11 is 0. The predicted molar refractivity (Wildman–Crippen MR) is 101 cm³/mol. The van der Waals surface area contributed by atoms with E-state index in [0.717, 1.165) is 0 Å². The van der Waals surface area contributed by atoms with Crippen LogP contribution in [0.25, 0.3) is 11.3 Å². The van der Waals surface area contributed by atoms with Gasteiger partial charge in [-0.3, -0.25) is 4.99 Å². The van der Waals surface area contributed by atoms with Gasteiger partial charge in [0.15, 0.2) is 5.69 Å². The molecule has 0 N–H and O–H groups in total. The highest BCUT2D eigenvalue weighted by molar-refractivity contribution is 5.79. The quantitative estimate of drug-likeness (QED) is 0.558. The molecule has 1 heterocycles. The van der Waals surface area contributed by atoms with E-state index in [2.05, 4.69) is 79.7 Å². The van der Waals surface area contributed by atoms with E-state index < -0.39 is 0 Å². The molecule has 2 atom stereocenters. The summed E-state index contributed by atoms with van der Waals surface area (Å²) < 4.78 is 4.82. The molecule has 0 bridgehead atoms. The van der Waals surface area contributed by atoms with Crippen molar-refractivity contribution in [2.24, 2.45) is 4.99 Å². The van der Waals surface area contributed by atoms with Gasteiger partial charge in [0.05, 0.1) is 12.1 Å². The zero-order valence-electron chi connectivity index (χ0n) is 15.4. The first kappa shape index (κ1) is 16.9. The summed E-state index contributed by atoms with van der Waals surface area (Å²) in [7, 11) is 0. The second kappa shape index (κ2) is 7.33. The van der Waals surface area contributed by atoms with Gasteiger partial charge in [-0.1, -0.05) is 36.8 Å². The maximum Gasteiger partial charge on any atom is 0.244 e. The van der Waals surface area contributed by atoms with Gasteiger partial charge >= 0.3 is 0 Å². The van der Waals surface area contributed by atoms with Crippen LogP contribution in [-0.4, -0.2) is 16.3 Å². The minimum atomic E-state index is 0.402. The lowest BCUT2D eigenvalue weighted by molar-refractivity contribution is -0.715. The molecule has 2 aromatic rings. The van der Waals surface area contributed by atoms with E-state index in [9.17, 15) is 0 Å². The lowest BCUT2D eigenvalue weighted by atomic mass is 9.90. The first-order chi connectivity index (χ1) is 11.6. The molecule has 3 rings (SSSR count). The number of nitrogens with zero attached hydrogens (tertiary/aromatic N) is 3. The van der Waals surface area contributed by atoms with Crippen LogP contribution in [0.4, 0.5) is 0 Å². The molecule has 1 aliphatic rings. The topological polar surface area (TPSA) is 21.2 Å². The third-order valence-corrected chi connectivity index (χ3v) is 4.95. The number of benzene rings is 1. The van der Waals surface area contributed by atoms with E-state index in [4.69, 9.17) is 4.99 Å². The molecule has 3 heteroatoms. The SMILES string of the molecule is CC(C)=N[C@@H]1CCCC[C@H]1n1c[n+](C(C)C)cc1-c1ccccc1. The van der Waals surface area contributed by atoms with Crippen molar-refractivity contribution in [1.29, 1.82) is 0 Å². The Hall–Kier alpha value is -1.90. The van der Waals surface area contributed by atoms with E-state index in [0.29, 0.717) is 18.1 Å². The first-order valence-electron chi connectivity index (χ1n) is 9.25. The van der Waals surface area contributed by atoms with Gasteiger partial charge in [-0.2, -0.15) is 0 Å². The van der Waals surface area contributed by atoms with Crippen molar-refractivity contribution < 1.29 is 4.57 Å². The Balaban J connectivity index is 2.06. The Kier molecular flexibility index (Phi) is 5.17. The fraction of sp³-hybridized carbons (Fsp3) is 0.524. The van der Waals surface area contributed by atoms with Crippen LogP contribution in [0.1, 0.15) is 65.5 Å². The van der Waals surface area contributed by atoms with E-state index in [1.165, 1.54) is 42.7 Å². The molecule has 0 saturated heterocycles. The molecular weight excluding hydrogens is 294 g/mol. The Morgan fingerprint density at radius 1 is 1.12 bits per heavy atom. The molecule has 1 aromatic carbocycles. The van der Waals surface area contributed by atoms with Crippen LogP contribution >= 0.6 is 0 Å². The predicted octanol–water partition coefficient (Wildman–Crippen LogP) is 4.99. The van der Waals surface area contributed by atoms with Gasteiger partial charge in [0.25, 0.3) is 0 Å². The van der Waals surface area contributed by atoms with Gasteiger partial charge in [0, 0.05) is 11.3 Å². The number of aromatic nitrogens is 2. The Morgan fingerprint density at radius 2 is 1.83 bits per heavy atom. The molecule has 1 saturated carbocycles. The minimum Gasteiger partial charge on any atom is -0.287 e. The van der Waals surface area contributed by atoms with E-state index >= 15 is 0 Å². The molecule has 0 radical (unpaired) electrons. The maximum atomic E-state index is 4.97. The van der Waals surface area contributed by atoms with Gasteiger partial charge in [-0.15, -0.1) is 0 Å². The molecule has 0 spiro atoms. The second-order valence-electron chi connectivity index (χ2n) is 7.44. The molecule has 1 fully saturated rings. The second-order valence-corrected chi connectivity index (χ2v) is 7.44. The Bertz CT molecular complexity index is 693. The summed E-state index contributed by atoms with van der Waals surface area (Å²) in [5.41, 5.74) is 3.79. The highest BCUT2D eigenvalue weighted by Gasteiger charge is 2.33. The number of hydrogen-bond acceptors (Lipinski definition) is 1. The van der Waals surface area contributed by atoms with Gasteiger partial charge in [0.2, 0.25) is 6.33 Å². The van der Waals surface area contributed by atoms with E-state index in [1.807, 2.05) is 0 Å². The zero-order chi connectivity index (χ0) is 17.1. The molecule has 0 unspecified atom stereocenters. The lowest BCUT2D eigenvalue weighted by Gasteiger charge is -2.27. The van der Waals surface area contributed by atoms with Crippen LogP contribution < -0.4 is 4.57 Å². The van der Waals surface area contributed by atoms with Crippen molar-refractivity contribution >= 4 is 5.71 Å². The van der Waals surface area contributed by atoms with Crippen LogP contribution in [0, 0.1) is 0 Å². The Morgan fingerprint density at radius 3 is 2.50 bits per heavy atom. The van der Waals surface area contributed by atoms with Crippen LogP contribution in [-0.2, 0) is 0 Å². The molecule has 3 nitrogen and oxygen atoms in total. The van der Waals surface area contributed by atoms with E-state index in [1.54, 1.807) is 0 Å². The zero-order valence-corrected chi connectivity index (χ0v) is 15.4. The van der Waals surface area contributed by atoms with Crippen molar-refractivity contribution in [3.63, 3.8) is 0 Å². The molecule has 0 amide bonds. The summed E-state index contributed by atoms with van der Waals surface area (Å²) in [6.45, 7) is 8.72. The van der Waals surface area contributed by atoms with Crippen LogP contribution in [0.15, 0.2) is 47.8 Å². The van der Waals surface area contributed by atoms with Crippen LogP contribution in [0.2, 0.25) is 0 Å². The smallest absolute Gasteiger partial charge is 0.244 e. The Labute approximate surface area is 146 Å². The van der Waals surface area contributed by atoms with Crippen molar-refractivity contribution in [3.8, 4) is 11.3 Å². The largest absolute Gasteiger partial charge is 0.287 e. The third kappa shape index (κ3) is 3.61. The van der Waals surface area contributed by atoms with Crippen molar-refractivity contribution in [2.45, 2.75) is 71.5 Å². The lowest BCUT2D eigenvalue weighted by Crippen LogP contribution is -2.34. The standard InChI is InChI=1S/C21H30N3/c1-16(2)22-19-12-8-9-13-20(19)24-15-23(17(3)4)14-21(24)18-10-6-5-7-11-18/h5-7,10-11,14-15,17,19-20H,8-9,12-13H2,1-4H3/q+1/t19-,20-/m1/s1. The van der Waals surface area contributed by atoms with Crippen LogP contribution in [0.3, 0.4) is 0 Å². The molecule has 128 valence electrons. The van der Waals surface area contributed by atoms with E-state index in [-0.39, 0.29) is 0 Å². The number of rotatable bonds is 4. The van der Waals surface area contributed by atoms with Crippen LogP contribution in [0.5, 0.6) is 0 Å². The van der Waals surface area contributed by atoms with Crippen molar-refractivity contribution in [1.82, 2.24) is 4.57 Å². The summed E-state index contributed by atoms with van der Waals surface area (Å²) in [5.74, 6) is 0. The minimum absolute atomic E-state index is 0.402. The number of imidazole rings is 1. The summed E-state index contributed by atoms with van der Waals surface area (Å²) in [5, 5.41) is 0. The molecular formula is C21H30N3+. The van der Waals surface area contributed by atoms with Crippen molar-refractivity contribution in [3.05, 3.63) is 42.9 Å². The summed E-state index contributed by atoms with van der Waals surface area (Å²) in [6, 6.07) is 12.1. The highest BCUT2D eigenvalue weighted by atomic mass is 15.2. The van der Waals surface area contributed by atoms with Gasteiger partial charge in [-0.25, -0.2) is 9.13 Å². The average molecular weight is 324 g/mol. The van der Waals surface area contributed by atoms with Crippen molar-refractivity contribution in [2.75, 3.05) is 0 Å². The van der Waals surface area contributed by atoms with Gasteiger partial charge in [-0.05, 0) is 47.0 Å². The first-order valence-corrected chi connectivity index (χ1v) is 9.25. The fourth-order valence-electron chi connectivity index (χ4n) is 3.72. The highest BCUT2D eigenvalue weighted by Crippen LogP contribution is 2.34. The molecule has 24 heavy (non-hydrogen) atoms. The normalized spacial score (nSPS) is 21.0. The number of hydrogen-bond donors (Lipinski definition) is 0. The third-order valence-electron chi connectivity index (χ3n) is 4.95.